The van der Waals surface area contributed by atoms with Crippen LogP contribution in [0.3, 0.4) is 0 Å². The van der Waals surface area contributed by atoms with Gasteiger partial charge in [-0.3, -0.25) is 0 Å². The summed E-state index contributed by atoms with van der Waals surface area (Å²) in [4.78, 5) is 15.8. The highest BCUT2D eigenvalue weighted by Crippen LogP contribution is 2.16. The van der Waals surface area contributed by atoms with E-state index in [-0.39, 0.29) is 0 Å². The smallest absolute Gasteiger partial charge is 0.407 e. The molecule has 2 rings (SSSR count). The highest BCUT2D eigenvalue weighted by atomic mass is 35.5. The van der Waals surface area contributed by atoms with Crippen LogP contribution in [0.2, 0.25) is 5.02 Å². The number of nitrogens with one attached hydrogen (secondary N) is 1. The van der Waals surface area contributed by atoms with Crippen LogP contribution in [0.15, 0.2) is 36.8 Å². The number of rotatable bonds is 3. The lowest BCUT2D eigenvalue weighted by Crippen LogP contribution is -2.32. The Kier molecular flexibility index (Phi) is 4.53. The van der Waals surface area contributed by atoms with Crippen LogP contribution < -0.4 is 5.32 Å². The lowest BCUT2D eigenvalue weighted by Gasteiger charge is -2.19. The molecule has 2 aromatic rings. The van der Waals surface area contributed by atoms with Crippen molar-refractivity contribution in [1.82, 2.24) is 14.9 Å². The fraction of sp³-hybridized carbons (Fsp3) is 0.333. The standard InChI is InChI=1S/C15H18ClN3O2/c1-15(2,3)21-14(20)18-9-13-8-17-10-19(13)12-6-4-5-11(16)7-12/h4-8,10H,9H2,1-3H3,(H,18,20). The van der Waals surface area contributed by atoms with Crippen LogP contribution in [0, 0.1) is 0 Å². The average Bonchev–Trinajstić information content (AvgIpc) is 2.82. The Hall–Kier alpha value is -2.01. The summed E-state index contributed by atoms with van der Waals surface area (Å²) in [5, 5.41) is 3.36. The van der Waals surface area contributed by atoms with E-state index in [0.717, 1.165) is 11.4 Å². The van der Waals surface area contributed by atoms with Crippen molar-refractivity contribution in [2.45, 2.75) is 32.9 Å². The van der Waals surface area contributed by atoms with Crippen LogP contribution in [-0.2, 0) is 11.3 Å². The van der Waals surface area contributed by atoms with Crippen molar-refractivity contribution < 1.29 is 9.53 Å². The van der Waals surface area contributed by atoms with E-state index in [0.29, 0.717) is 11.6 Å². The monoisotopic (exact) mass is 307 g/mol. The first-order chi connectivity index (χ1) is 9.85. The Morgan fingerprint density at radius 1 is 1.43 bits per heavy atom. The number of nitrogens with zero attached hydrogens (tertiary/aromatic N) is 2. The Labute approximate surface area is 128 Å². The number of hydrogen-bond donors (Lipinski definition) is 1. The van der Waals surface area contributed by atoms with E-state index < -0.39 is 11.7 Å². The SMILES string of the molecule is CC(C)(C)OC(=O)NCc1cncn1-c1cccc(Cl)c1. The highest BCUT2D eigenvalue weighted by molar-refractivity contribution is 6.30. The molecule has 6 heteroatoms. The second-order valence-electron chi connectivity index (χ2n) is 5.59. The summed E-state index contributed by atoms with van der Waals surface area (Å²) in [5.41, 5.74) is 1.21. The van der Waals surface area contributed by atoms with Crippen LogP contribution in [0.1, 0.15) is 26.5 Å². The number of imidazole rings is 1. The van der Waals surface area contributed by atoms with Gasteiger partial charge in [-0.05, 0) is 39.0 Å². The van der Waals surface area contributed by atoms with Crippen LogP contribution in [0.25, 0.3) is 5.69 Å². The summed E-state index contributed by atoms with van der Waals surface area (Å²) in [6.45, 7) is 5.79. The van der Waals surface area contributed by atoms with Gasteiger partial charge in [0.2, 0.25) is 0 Å². The van der Waals surface area contributed by atoms with Gasteiger partial charge in [0.05, 0.1) is 24.8 Å². The van der Waals surface area contributed by atoms with E-state index >= 15 is 0 Å². The molecule has 0 aliphatic carbocycles. The van der Waals surface area contributed by atoms with E-state index in [9.17, 15) is 4.79 Å². The molecule has 1 amide bonds. The molecule has 0 spiro atoms. The molecule has 0 saturated carbocycles. The largest absolute Gasteiger partial charge is 0.444 e. The zero-order chi connectivity index (χ0) is 15.5. The molecule has 1 aromatic carbocycles. The number of carbonyl (C=O) groups excluding carboxylic acids is 1. The number of ether oxygens (including phenoxy) is 1. The van der Waals surface area contributed by atoms with E-state index in [4.69, 9.17) is 16.3 Å². The minimum absolute atomic E-state index is 0.321. The van der Waals surface area contributed by atoms with Gasteiger partial charge < -0.3 is 14.6 Å². The fourth-order valence-corrected chi connectivity index (χ4v) is 1.97. The Balaban J connectivity index is 2.06. The van der Waals surface area contributed by atoms with Gasteiger partial charge in [-0.1, -0.05) is 17.7 Å². The summed E-state index contributed by atoms with van der Waals surface area (Å²) in [6.07, 6.45) is 2.91. The van der Waals surface area contributed by atoms with Gasteiger partial charge in [0.25, 0.3) is 0 Å². The topological polar surface area (TPSA) is 56.1 Å². The second-order valence-corrected chi connectivity index (χ2v) is 6.03. The summed E-state index contributed by atoms with van der Waals surface area (Å²) in [6, 6.07) is 7.42. The number of carbonyl (C=O) groups is 1. The van der Waals surface area contributed by atoms with Crippen molar-refractivity contribution in [3.63, 3.8) is 0 Å². The molecule has 1 N–H and O–H groups in total. The number of amides is 1. The molecule has 0 bridgehead atoms. The normalized spacial score (nSPS) is 11.2. The molecule has 0 atom stereocenters. The summed E-state index contributed by atoms with van der Waals surface area (Å²) < 4.78 is 7.06. The molecular formula is C15H18ClN3O2. The highest BCUT2D eigenvalue weighted by Gasteiger charge is 2.16. The molecule has 21 heavy (non-hydrogen) atoms. The van der Waals surface area contributed by atoms with Gasteiger partial charge in [0, 0.05) is 10.7 Å². The molecule has 5 nitrogen and oxygen atoms in total. The Bertz CT molecular complexity index is 632. The number of halogens is 1. The number of hydrogen-bond acceptors (Lipinski definition) is 3. The molecule has 1 heterocycles. The third kappa shape index (κ3) is 4.49. The van der Waals surface area contributed by atoms with Crippen molar-refractivity contribution in [3.05, 3.63) is 47.5 Å². The molecule has 1 aromatic heterocycles. The second kappa shape index (κ2) is 6.18. The minimum Gasteiger partial charge on any atom is -0.444 e. The van der Waals surface area contributed by atoms with Crippen LogP contribution in [-0.4, -0.2) is 21.2 Å². The molecule has 0 aliphatic heterocycles. The summed E-state index contributed by atoms with van der Waals surface area (Å²) in [7, 11) is 0. The minimum atomic E-state index is -0.517. The molecule has 0 aliphatic rings. The predicted molar refractivity (Wildman–Crippen MR) is 81.6 cm³/mol. The van der Waals surface area contributed by atoms with Gasteiger partial charge in [-0.2, -0.15) is 0 Å². The molecule has 0 saturated heterocycles. The van der Waals surface area contributed by atoms with E-state index in [1.165, 1.54) is 0 Å². The third-order valence-electron chi connectivity index (χ3n) is 2.61. The van der Waals surface area contributed by atoms with Crippen molar-refractivity contribution in [3.8, 4) is 5.69 Å². The predicted octanol–water partition coefficient (Wildman–Crippen LogP) is 3.55. The van der Waals surface area contributed by atoms with Crippen molar-refractivity contribution in [2.75, 3.05) is 0 Å². The van der Waals surface area contributed by atoms with Crippen molar-refractivity contribution in [1.29, 1.82) is 0 Å². The Morgan fingerprint density at radius 3 is 2.86 bits per heavy atom. The lowest BCUT2D eigenvalue weighted by molar-refractivity contribution is 0.0522. The molecule has 0 radical (unpaired) electrons. The zero-order valence-corrected chi connectivity index (χ0v) is 13.0. The number of benzene rings is 1. The summed E-state index contributed by atoms with van der Waals surface area (Å²) in [5.74, 6) is 0. The molecule has 112 valence electrons. The third-order valence-corrected chi connectivity index (χ3v) is 2.85. The van der Waals surface area contributed by atoms with Gasteiger partial charge in [0.1, 0.15) is 5.60 Å². The first-order valence-corrected chi connectivity index (χ1v) is 6.97. The maximum atomic E-state index is 11.7. The van der Waals surface area contributed by atoms with E-state index in [1.54, 1.807) is 18.6 Å². The van der Waals surface area contributed by atoms with E-state index in [1.807, 2.05) is 43.5 Å². The first kappa shape index (κ1) is 15.4. The first-order valence-electron chi connectivity index (χ1n) is 6.59. The quantitative estimate of drug-likeness (QED) is 0.943. The zero-order valence-electron chi connectivity index (χ0n) is 12.3. The van der Waals surface area contributed by atoms with Gasteiger partial charge in [0.15, 0.2) is 0 Å². The maximum Gasteiger partial charge on any atom is 0.407 e. The van der Waals surface area contributed by atoms with Crippen LogP contribution in [0.4, 0.5) is 4.79 Å². The fourth-order valence-electron chi connectivity index (χ4n) is 1.79. The maximum absolute atomic E-state index is 11.7. The lowest BCUT2D eigenvalue weighted by atomic mass is 10.2. The number of aromatic nitrogens is 2. The molecule has 0 fully saturated rings. The van der Waals surface area contributed by atoms with Crippen molar-refractivity contribution >= 4 is 17.7 Å². The van der Waals surface area contributed by atoms with Gasteiger partial charge in [-0.25, -0.2) is 9.78 Å². The molecule has 0 unspecified atom stereocenters. The van der Waals surface area contributed by atoms with Gasteiger partial charge in [-0.15, -0.1) is 0 Å². The van der Waals surface area contributed by atoms with Crippen LogP contribution in [0.5, 0.6) is 0 Å². The van der Waals surface area contributed by atoms with Crippen molar-refractivity contribution in [2.24, 2.45) is 0 Å². The summed E-state index contributed by atoms with van der Waals surface area (Å²) >= 11 is 5.99. The van der Waals surface area contributed by atoms with E-state index in [2.05, 4.69) is 10.3 Å². The number of alkyl carbamates (subject to hydrolysis) is 1. The Morgan fingerprint density at radius 2 is 2.19 bits per heavy atom. The van der Waals surface area contributed by atoms with Crippen LogP contribution >= 0.6 is 11.6 Å². The average molecular weight is 308 g/mol. The van der Waals surface area contributed by atoms with Gasteiger partial charge >= 0.3 is 6.09 Å². The molecular weight excluding hydrogens is 290 g/mol.